The molecule has 1 N–H and O–H groups in total. The summed E-state index contributed by atoms with van der Waals surface area (Å²) in [6.07, 6.45) is 2.80. The van der Waals surface area contributed by atoms with Gasteiger partial charge in [0.25, 0.3) is 5.56 Å². The van der Waals surface area contributed by atoms with E-state index in [1.54, 1.807) is 6.21 Å². The van der Waals surface area contributed by atoms with Crippen molar-refractivity contribution in [1.29, 1.82) is 0 Å². The number of fused-ring (bicyclic) bond motifs is 1. The zero-order valence-electron chi connectivity index (χ0n) is 11.6. The van der Waals surface area contributed by atoms with Crippen LogP contribution < -0.4 is 5.56 Å². The molecule has 2 aromatic heterocycles. The van der Waals surface area contributed by atoms with E-state index < -0.39 is 0 Å². The van der Waals surface area contributed by atoms with Gasteiger partial charge in [-0.25, -0.2) is 0 Å². The van der Waals surface area contributed by atoms with Crippen LogP contribution in [0.25, 0.3) is 10.9 Å². The van der Waals surface area contributed by atoms with Crippen LogP contribution >= 0.6 is 12.2 Å². The van der Waals surface area contributed by atoms with Crippen molar-refractivity contribution in [1.82, 2.24) is 19.4 Å². The third-order valence-electron chi connectivity index (χ3n) is 3.49. The van der Waals surface area contributed by atoms with Gasteiger partial charge in [0.1, 0.15) is 6.20 Å². The van der Waals surface area contributed by atoms with Crippen LogP contribution in [0.4, 0.5) is 0 Å². The minimum atomic E-state index is -0.368. The molecule has 0 aliphatic rings. The first-order valence-electron chi connectivity index (χ1n) is 6.34. The number of aromatic nitrogens is 4. The number of para-hydroxylation sites is 1. The van der Waals surface area contributed by atoms with Crippen molar-refractivity contribution in [3.63, 3.8) is 0 Å². The fraction of sp³-hybridized carbons (Fsp3) is 0.143. The fourth-order valence-electron chi connectivity index (χ4n) is 2.28. The molecule has 0 unspecified atom stereocenters. The summed E-state index contributed by atoms with van der Waals surface area (Å²) in [6.45, 7) is 2.01. The molecule has 0 radical (unpaired) electrons. The fourth-order valence-corrected chi connectivity index (χ4v) is 2.47. The number of nitrogens with one attached hydrogen (secondary N) is 1. The maximum atomic E-state index is 11.7. The topological polar surface area (TPSA) is 68.0 Å². The van der Waals surface area contributed by atoms with Crippen LogP contribution in [-0.2, 0) is 7.05 Å². The first-order chi connectivity index (χ1) is 10.1. The summed E-state index contributed by atoms with van der Waals surface area (Å²) in [6, 6.07) is 8.04. The largest absolute Gasteiger partial charge is 0.347 e. The molecule has 0 bridgehead atoms. The van der Waals surface area contributed by atoms with Crippen LogP contribution in [0.1, 0.15) is 11.3 Å². The molecule has 0 amide bonds. The van der Waals surface area contributed by atoms with Gasteiger partial charge in [-0.2, -0.15) is 14.9 Å². The predicted molar refractivity (Wildman–Crippen MR) is 84.3 cm³/mol. The summed E-state index contributed by atoms with van der Waals surface area (Å²) in [5.74, 6) is 0. The monoisotopic (exact) mass is 299 g/mol. The second-order valence-corrected chi connectivity index (χ2v) is 5.03. The van der Waals surface area contributed by atoms with Gasteiger partial charge < -0.3 is 4.57 Å². The van der Waals surface area contributed by atoms with Gasteiger partial charge in [-0.05, 0) is 25.2 Å². The summed E-state index contributed by atoms with van der Waals surface area (Å²) >= 11 is 5.01. The van der Waals surface area contributed by atoms with Gasteiger partial charge in [-0.3, -0.25) is 9.89 Å². The lowest BCUT2D eigenvalue weighted by Crippen LogP contribution is -2.18. The molecule has 0 fully saturated rings. The number of hydrogen-bond donors (Lipinski definition) is 1. The van der Waals surface area contributed by atoms with Crippen molar-refractivity contribution >= 4 is 29.3 Å². The lowest BCUT2D eigenvalue weighted by molar-refractivity contribution is 0.738. The molecule has 1 aromatic carbocycles. The van der Waals surface area contributed by atoms with Crippen molar-refractivity contribution in [2.75, 3.05) is 0 Å². The second-order valence-electron chi connectivity index (χ2n) is 4.65. The van der Waals surface area contributed by atoms with E-state index >= 15 is 0 Å². The summed E-state index contributed by atoms with van der Waals surface area (Å²) in [7, 11) is 2.00. The molecule has 0 aliphatic carbocycles. The van der Waals surface area contributed by atoms with Gasteiger partial charge in [-0.1, -0.05) is 18.2 Å². The Labute approximate surface area is 125 Å². The standard InChI is InChI=1S/C14H13N5OS/c1-9-11(10-5-3-4-6-12(10)18(9)2)7-16-19-13(20)8-15-17-14(19)21/h3-8H,1-2H3,(H,17,21)/b16-7-. The Balaban J connectivity index is 2.19. The molecule has 0 saturated carbocycles. The zero-order chi connectivity index (χ0) is 15.0. The first-order valence-corrected chi connectivity index (χ1v) is 6.75. The maximum absolute atomic E-state index is 11.7. The number of benzene rings is 1. The summed E-state index contributed by atoms with van der Waals surface area (Å²) < 4.78 is 3.37. The van der Waals surface area contributed by atoms with Crippen molar-refractivity contribution in [2.24, 2.45) is 12.1 Å². The lowest BCUT2D eigenvalue weighted by atomic mass is 10.1. The molecule has 7 heteroatoms. The number of aryl methyl sites for hydroxylation is 1. The summed E-state index contributed by atoms with van der Waals surface area (Å²) in [5, 5.41) is 11.4. The Hall–Kier alpha value is -2.54. The molecular formula is C14H13N5OS. The highest BCUT2D eigenvalue weighted by Crippen LogP contribution is 2.22. The molecule has 2 heterocycles. The van der Waals surface area contributed by atoms with E-state index in [1.807, 2.05) is 38.2 Å². The van der Waals surface area contributed by atoms with Crippen LogP contribution in [-0.4, -0.2) is 25.7 Å². The molecule has 3 rings (SSSR count). The Kier molecular flexibility index (Phi) is 3.26. The van der Waals surface area contributed by atoms with Gasteiger partial charge in [-0.15, -0.1) is 0 Å². The smallest absolute Gasteiger partial charge is 0.293 e. The van der Waals surface area contributed by atoms with Crippen LogP contribution in [0.3, 0.4) is 0 Å². The predicted octanol–water partition coefficient (Wildman–Crippen LogP) is 1.98. The van der Waals surface area contributed by atoms with E-state index in [1.165, 1.54) is 0 Å². The minimum absolute atomic E-state index is 0.164. The molecule has 106 valence electrons. The Morgan fingerprint density at radius 2 is 2.14 bits per heavy atom. The second kappa shape index (κ2) is 5.10. The van der Waals surface area contributed by atoms with Crippen LogP contribution in [0.2, 0.25) is 0 Å². The lowest BCUT2D eigenvalue weighted by Gasteiger charge is -1.98. The minimum Gasteiger partial charge on any atom is -0.347 e. The van der Waals surface area contributed by atoms with E-state index in [0.717, 1.165) is 33.0 Å². The normalized spacial score (nSPS) is 11.5. The highest BCUT2D eigenvalue weighted by atomic mass is 32.1. The van der Waals surface area contributed by atoms with Crippen LogP contribution in [0, 0.1) is 11.7 Å². The molecule has 0 spiro atoms. The Morgan fingerprint density at radius 1 is 1.38 bits per heavy atom. The molecular weight excluding hydrogens is 286 g/mol. The van der Waals surface area contributed by atoms with Gasteiger partial charge in [0, 0.05) is 29.2 Å². The quantitative estimate of drug-likeness (QED) is 0.581. The van der Waals surface area contributed by atoms with E-state index in [2.05, 4.69) is 19.9 Å². The zero-order valence-corrected chi connectivity index (χ0v) is 12.4. The highest BCUT2D eigenvalue weighted by molar-refractivity contribution is 7.71. The van der Waals surface area contributed by atoms with E-state index in [4.69, 9.17) is 12.2 Å². The van der Waals surface area contributed by atoms with Gasteiger partial charge in [0.15, 0.2) is 0 Å². The van der Waals surface area contributed by atoms with Crippen molar-refractivity contribution < 1.29 is 0 Å². The van der Waals surface area contributed by atoms with Gasteiger partial charge in [0.05, 0.1) is 6.21 Å². The molecule has 3 aromatic rings. The van der Waals surface area contributed by atoms with Crippen LogP contribution in [0.15, 0.2) is 40.4 Å². The summed E-state index contributed by atoms with van der Waals surface area (Å²) in [5.41, 5.74) is 2.78. The first kappa shape index (κ1) is 13.4. The van der Waals surface area contributed by atoms with Crippen LogP contribution in [0.5, 0.6) is 0 Å². The number of aromatic amines is 1. The van der Waals surface area contributed by atoms with Crippen molar-refractivity contribution in [2.45, 2.75) is 6.92 Å². The molecule has 6 nitrogen and oxygen atoms in total. The average molecular weight is 299 g/mol. The number of nitrogens with zero attached hydrogens (tertiary/aromatic N) is 4. The van der Waals surface area contributed by atoms with E-state index in [-0.39, 0.29) is 10.3 Å². The third kappa shape index (κ3) is 2.21. The molecule has 21 heavy (non-hydrogen) atoms. The number of hydrogen-bond acceptors (Lipinski definition) is 4. The van der Waals surface area contributed by atoms with Crippen molar-refractivity contribution in [3.05, 3.63) is 56.8 Å². The molecule has 0 aliphatic heterocycles. The van der Waals surface area contributed by atoms with Gasteiger partial charge >= 0.3 is 0 Å². The van der Waals surface area contributed by atoms with E-state index in [0.29, 0.717) is 0 Å². The Morgan fingerprint density at radius 3 is 2.90 bits per heavy atom. The van der Waals surface area contributed by atoms with E-state index in [9.17, 15) is 4.79 Å². The average Bonchev–Trinajstić information content (AvgIpc) is 2.72. The summed E-state index contributed by atoms with van der Waals surface area (Å²) in [4.78, 5) is 11.7. The highest BCUT2D eigenvalue weighted by Gasteiger charge is 2.09. The molecule has 0 saturated heterocycles. The molecule has 0 atom stereocenters. The SMILES string of the molecule is Cc1c(/C=N\n2c(=O)cn[nH]c2=S)c2ccccc2n1C. The van der Waals surface area contributed by atoms with Crippen molar-refractivity contribution in [3.8, 4) is 0 Å². The maximum Gasteiger partial charge on any atom is 0.293 e. The van der Waals surface area contributed by atoms with Gasteiger partial charge in [0.2, 0.25) is 4.77 Å². The number of H-pyrrole nitrogens is 1. The number of rotatable bonds is 2. The third-order valence-corrected chi connectivity index (χ3v) is 3.75. The Bertz CT molecular complexity index is 935.